The maximum atomic E-state index is 6.48. The molecule has 6 heteroatoms. The lowest BCUT2D eigenvalue weighted by molar-refractivity contribution is 0.0619. The molecule has 176 valence electrons. The lowest BCUT2D eigenvalue weighted by atomic mass is 9.87. The van der Waals surface area contributed by atoms with Crippen molar-refractivity contribution in [3.05, 3.63) is 0 Å². The van der Waals surface area contributed by atoms with Crippen molar-refractivity contribution in [1.82, 2.24) is 14.7 Å². The Morgan fingerprint density at radius 2 is 0.862 bits per heavy atom. The van der Waals surface area contributed by atoms with E-state index < -0.39 is 8.56 Å². The van der Waals surface area contributed by atoms with Gasteiger partial charge in [0.2, 0.25) is 0 Å². The molecule has 0 aliphatic rings. The summed E-state index contributed by atoms with van der Waals surface area (Å²) in [7, 11) is -2.26. The van der Waals surface area contributed by atoms with Gasteiger partial charge in [-0.05, 0) is 59.2 Å². The molecule has 0 amide bonds. The van der Waals surface area contributed by atoms with Crippen LogP contribution in [-0.4, -0.2) is 95.4 Å². The largest absolute Gasteiger partial charge is 0.394 e. The Labute approximate surface area is 184 Å². The van der Waals surface area contributed by atoms with E-state index in [1.807, 2.05) is 0 Å². The standard InChI is InChI=1S/C23H53N3O2Si/c1-10-24(11-2)19-23(20-25(12-3)13-4,21-26(14-5)15-6)22-29(18-9,27-16-7)28-17-8/h10-22H2,1-9H3. The van der Waals surface area contributed by atoms with Crippen molar-refractivity contribution in [1.29, 1.82) is 0 Å². The average Bonchev–Trinajstić information content (AvgIpc) is 2.74. The molecule has 0 heterocycles. The summed E-state index contributed by atoms with van der Waals surface area (Å²) in [5.74, 6) is 0. The van der Waals surface area contributed by atoms with Crippen LogP contribution < -0.4 is 0 Å². The second kappa shape index (κ2) is 15.8. The number of hydrogen-bond donors (Lipinski definition) is 0. The van der Waals surface area contributed by atoms with Crippen LogP contribution in [0, 0.1) is 5.41 Å². The van der Waals surface area contributed by atoms with Gasteiger partial charge in [-0.15, -0.1) is 0 Å². The lowest BCUT2D eigenvalue weighted by Crippen LogP contribution is -2.57. The Kier molecular flexibility index (Phi) is 15.8. The van der Waals surface area contributed by atoms with Gasteiger partial charge in [0.25, 0.3) is 0 Å². The highest BCUT2D eigenvalue weighted by Crippen LogP contribution is 2.36. The Hall–Kier alpha value is 0.0169. The molecule has 0 aliphatic carbocycles. The molecule has 0 bridgehead atoms. The summed E-state index contributed by atoms with van der Waals surface area (Å²) in [4.78, 5) is 7.83. The molecule has 0 fully saturated rings. The predicted octanol–water partition coefficient (Wildman–Crippen LogP) is 4.53. The third-order valence-corrected chi connectivity index (χ3v) is 10.4. The zero-order valence-corrected chi connectivity index (χ0v) is 22.4. The molecule has 0 aromatic heterocycles. The molecule has 0 aromatic rings. The van der Waals surface area contributed by atoms with E-state index in [4.69, 9.17) is 8.85 Å². The van der Waals surface area contributed by atoms with Gasteiger partial charge < -0.3 is 23.6 Å². The van der Waals surface area contributed by atoms with E-state index in [1.165, 1.54) is 0 Å². The summed E-state index contributed by atoms with van der Waals surface area (Å²) < 4.78 is 13.0. The van der Waals surface area contributed by atoms with Crippen LogP contribution in [0.3, 0.4) is 0 Å². The van der Waals surface area contributed by atoms with Crippen molar-refractivity contribution < 1.29 is 8.85 Å². The van der Waals surface area contributed by atoms with Gasteiger partial charge >= 0.3 is 8.56 Å². The molecule has 0 unspecified atom stereocenters. The molecular formula is C23H53N3O2Si. The summed E-state index contributed by atoms with van der Waals surface area (Å²) in [5.41, 5.74) is 0.149. The molecule has 0 radical (unpaired) electrons. The van der Waals surface area contributed by atoms with E-state index in [0.717, 1.165) is 84.2 Å². The summed E-state index contributed by atoms with van der Waals surface area (Å²) in [6.45, 7) is 31.7. The quantitative estimate of drug-likeness (QED) is 0.280. The first-order valence-electron chi connectivity index (χ1n) is 12.3. The minimum Gasteiger partial charge on any atom is -0.394 e. The molecular weight excluding hydrogens is 378 g/mol. The van der Waals surface area contributed by atoms with E-state index in [2.05, 4.69) is 77.0 Å². The van der Waals surface area contributed by atoms with Crippen LogP contribution in [0.4, 0.5) is 0 Å². The molecule has 0 aliphatic heterocycles. The first-order chi connectivity index (χ1) is 13.9. The molecule has 0 rings (SSSR count). The van der Waals surface area contributed by atoms with Gasteiger partial charge in [-0.2, -0.15) is 0 Å². The second-order valence-corrected chi connectivity index (χ2v) is 11.7. The lowest BCUT2D eigenvalue weighted by Gasteiger charge is -2.47. The SMILES string of the molecule is CCO[Si](CC)(CC(CN(CC)CC)(CN(CC)CC)CN(CC)CC)OCC. The van der Waals surface area contributed by atoms with Crippen LogP contribution >= 0.6 is 0 Å². The predicted molar refractivity (Wildman–Crippen MR) is 130 cm³/mol. The number of nitrogens with zero attached hydrogens (tertiary/aromatic N) is 3. The summed E-state index contributed by atoms with van der Waals surface area (Å²) in [5, 5.41) is 0. The van der Waals surface area contributed by atoms with Crippen LogP contribution in [0.5, 0.6) is 0 Å². The maximum absolute atomic E-state index is 6.48. The van der Waals surface area contributed by atoms with Crippen molar-refractivity contribution in [2.24, 2.45) is 5.41 Å². The number of hydrogen-bond acceptors (Lipinski definition) is 5. The van der Waals surface area contributed by atoms with Gasteiger partial charge in [0.1, 0.15) is 0 Å². The Morgan fingerprint density at radius 1 is 0.552 bits per heavy atom. The first kappa shape index (κ1) is 29.0. The topological polar surface area (TPSA) is 28.2 Å². The highest BCUT2D eigenvalue weighted by molar-refractivity contribution is 6.67. The highest BCUT2D eigenvalue weighted by Gasteiger charge is 2.47. The van der Waals surface area contributed by atoms with Crippen LogP contribution in [0.1, 0.15) is 62.3 Å². The van der Waals surface area contributed by atoms with Crippen LogP contribution in [-0.2, 0) is 8.85 Å². The van der Waals surface area contributed by atoms with Crippen molar-refractivity contribution in [3.8, 4) is 0 Å². The van der Waals surface area contributed by atoms with Gasteiger partial charge in [-0.25, -0.2) is 0 Å². The van der Waals surface area contributed by atoms with Crippen molar-refractivity contribution in [2.45, 2.75) is 74.4 Å². The van der Waals surface area contributed by atoms with E-state index in [9.17, 15) is 0 Å². The smallest absolute Gasteiger partial charge is 0.338 e. The minimum atomic E-state index is -2.26. The molecule has 29 heavy (non-hydrogen) atoms. The maximum Gasteiger partial charge on any atom is 0.338 e. The van der Waals surface area contributed by atoms with E-state index in [1.54, 1.807) is 0 Å². The van der Waals surface area contributed by atoms with Gasteiger partial charge in [0.05, 0.1) is 0 Å². The van der Waals surface area contributed by atoms with Crippen molar-refractivity contribution in [3.63, 3.8) is 0 Å². The summed E-state index contributed by atoms with van der Waals surface area (Å²) in [6, 6.07) is 2.09. The molecule has 0 saturated carbocycles. The van der Waals surface area contributed by atoms with Crippen molar-refractivity contribution in [2.75, 3.05) is 72.1 Å². The highest BCUT2D eigenvalue weighted by atomic mass is 28.4. The van der Waals surface area contributed by atoms with Gasteiger partial charge in [0.15, 0.2) is 0 Å². The molecule has 0 aromatic carbocycles. The molecule has 5 nitrogen and oxygen atoms in total. The van der Waals surface area contributed by atoms with Crippen molar-refractivity contribution >= 4 is 8.56 Å². The van der Waals surface area contributed by atoms with Crippen LogP contribution in [0.25, 0.3) is 0 Å². The zero-order chi connectivity index (χ0) is 22.3. The van der Waals surface area contributed by atoms with Gasteiger partial charge in [0, 0.05) is 44.3 Å². The Bertz CT molecular complexity index is 344. The van der Waals surface area contributed by atoms with Gasteiger partial charge in [-0.3, -0.25) is 0 Å². The van der Waals surface area contributed by atoms with Gasteiger partial charge in [-0.1, -0.05) is 48.5 Å². The first-order valence-corrected chi connectivity index (χ1v) is 14.5. The Balaban J connectivity index is 6.23. The van der Waals surface area contributed by atoms with E-state index in [0.29, 0.717) is 0 Å². The second-order valence-electron chi connectivity index (χ2n) is 8.19. The molecule has 0 N–H and O–H groups in total. The molecule has 0 atom stereocenters. The third kappa shape index (κ3) is 9.79. The van der Waals surface area contributed by atoms with Crippen LogP contribution in [0.15, 0.2) is 0 Å². The van der Waals surface area contributed by atoms with E-state index in [-0.39, 0.29) is 5.41 Å². The average molecular weight is 432 g/mol. The minimum absolute atomic E-state index is 0.149. The zero-order valence-electron chi connectivity index (χ0n) is 21.4. The summed E-state index contributed by atoms with van der Waals surface area (Å²) >= 11 is 0. The fraction of sp³-hybridized carbons (Fsp3) is 1.00. The normalized spacial score (nSPS) is 13.2. The fourth-order valence-electron chi connectivity index (χ4n) is 4.65. The summed E-state index contributed by atoms with van der Waals surface area (Å²) in [6.07, 6.45) is 0. The van der Waals surface area contributed by atoms with E-state index >= 15 is 0 Å². The monoisotopic (exact) mass is 431 g/mol. The number of rotatable bonds is 19. The Morgan fingerprint density at radius 3 is 1.07 bits per heavy atom. The molecule has 0 spiro atoms. The van der Waals surface area contributed by atoms with Crippen LogP contribution in [0.2, 0.25) is 12.1 Å². The third-order valence-electron chi connectivity index (χ3n) is 6.36. The fourth-order valence-corrected chi connectivity index (χ4v) is 8.13. The molecule has 0 saturated heterocycles.